The van der Waals surface area contributed by atoms with E-state index < -0.39 is 0 Å². The zero-order valence-corrected chi connectivity index (χ0v) is 12.2. The molecule has 3 aromatic rings. The van der Waals surface area contributed by atoms with E-state index in [1.54, 1.807) is 6.07 Å². The average Bonchev–Trinajstić information content (AvgIpc) is 2.82. The van der Waals surface area contributed by atoms with Crippen molar-refractivity contribution in [2.75, 3.05) is 0 Å². The third-order valence-electron chi connectivity index (χ3n) is 2.60. The summed E-state index contributed by atoms with van der Waals surface area (Å²) in [5.74, 6) is 1.12. The van der Waals surface area contributed by atoms with Gasteiger partial charge in [0.1, 0.15) is 10.4 Å². The number of ether oxygens (including phenoxy) is 1. The van der Waals surface area contributed by atoms with E-state index in [1.165, 1.54) is 11.3 Å². The molecule has 3 rings (SSSR count). The van der Waals surface area contributed by atoms with Gasteiger partial charge in [-0.25, -0.2) is 4.98 Å². The van der Waals surface area contributed by atoms with Crippen LogP contribution in [0, 0.1) is 6.92 Å². The summed E-state index contributed by atoms with van der Waals surface area (Å²) in [5, 5.41) is 2.71. The van der Waals surface area contributed by atoms with E-state index in [4.69, 9.17) is 27.9 Å². The largest absolute Gasteiger partial charge is 0.437 e. The fraction of sp³-hybridized carbons (Fsp3) is 0.0769. The van der Waals surface area contributed by atoms with Crippen LogP contribution in [0.25, 0.3) is 10.2 Å². The number of fused-ring (bicyclic) bond motifs is 1. The summed E-state index contributed by atoms with van der Waals surface area (Å²) in [6, 6.07) is 7.35. The van der Waals surface area contributed by atoms with Gasteiger partial charge < -0.3 is 4.74 Å². The lowest BCUT2D eigenvalue weighted by atomic mass is 10.2. The van der Waals surface area contributed by atoms with Crippen molar-refractivity contribution in [2.45, 2.75) is 6.92 Å². The average molecular weight is 311 g/mol. The fourth-order valence-electron chi connectivity index (χ4n) is 1.67. The number of aryl methyl sites for hydroxylation is 1. The van der Waals surface area contributed by atoms with Crippen LogP contribution in [0.5, 0.6) is 11.6 Å². The molecule has 0 aliphatic heterocycles. The van der Waals surface area contributed by atoms with Crippen LogP contribution in [0.1, 0.15) is 5.56 Å². The minimum Gasteiger partial charge on any atom is -0.437 e. The van der Waals surface area contributed by atoms with Gasteiger partial charge in [0.2, 0.25) is 11.2 Å². The molecule has 0 atom stereocenters. The molecule has 0 amide bonds. The number of benzene rings is 1. The highest BCUT2D eigenvalue weighted by Crippen LogP contribution is 2.34. The van der Waals surface area contributed by atoms with Crippen LogP contribution in [0.4, 0.5) is 0 Å². The molecule has 0 saturated heterocycles. The highest BCUT2D eigenvalue weighted by atomic mass is 35.5. The zero-order chi connectivity index (χ0) is 13.4. The van der Waals surface area contributed by atoms with E-state index >= 15 is 0 Å². The van der Waals surface area contributed by atoms with Crippen molar-refractivity contribution in [3.63, 3.8) is 0 Å². The van der Waals surface area contributed by atoms with Crippen molar-refractivity contribution in [2.24, 2.45) is 0 Å². The minimum absolute atomic E-state index is 0.167. The van der Waals surface area contributed by atoms with Gasteiger partial charge in [-0.1, -0.05) is 17.7 Å². The normalized spacial score (nSPS) is 10.9. The molecule has 19 heavy (non-hydrogen) atoms. The molecule has 0 fully saturated rings. The van der Waals surface area contributed by atoms with Gasteiger partial charge in [-0.3, -0.25) is 0 Å². The van der Waals surface area contributed by atoms with E-state index in [9.17, 15) is 0 Å². The molecule has 0 radical (unpaired) electrons. The third kappa shape index (κ3) is 2.52. The van der Waals surface area contributed by atoms with Crippen LogP contribution in [-0.4, -0.2) is 9.97 Å². The Balaban J connectivity index is 2.10. The lowest BCUT2D eigenvalue weighted by molar-refractivity contribution is 0.465. The Morgan fingerprint density at radius 3 is 2.84 bits per heavy atom. The molecule has 3 nitrogen and oxygen atoms in total. The number of rotatable bonds is 2. The molecule has 96 valence electrons. The monoisotopic (exact) mass is 310 g/mol. The Labute approximate surface area is 123 Å². The summed E-state index contributed by atoms with van der Waals surface area (Å²) in [4.78, 5) is 8.28. The van der Waals surface area contributed by atoms with Gasteiger partial charge >= 0.3 is 0 Å². The second-order valence-electron chi connectivity index (χ2n) is 3.94. The second kappa shape index (κ2) is 4.96. The number of aromatic nitrogens is 2. The Morgan fingerprint density at radius 1 is 1.16 bits per heavy atom. The molecule has 0 bridgehead atoms. The van der Waals surface area contributed by atoms with E-state index in [1.807, 2.05) is 30.5 Å². The molecule has 0 spiro atoms. The molecule has 0 aliphatic rings. The van der Waals surface area contributed by atoms with Gasteiger partial charge in [0, 0.05) is 5.02 Å². The topological polar surface area (TPSA) is 35.0 Å². The summed E-state index contributed by atoms with van der Waals surface area (Å²) >= 11 is 13.4. The Kier molecular flexibility index (Phi) is 3.31. The molecule has 6 heteroatoms. The maximum Gasteiger partial charge on any atom is 0.241 e. The number of nitrogens with zero attached hydrogens (tertiary/aromatic N) is 2. The first kappa shape index (κ1) is 12.7. The fourth-order valence-corrected chi connectivity index (χ4v) is 2.75. The Bertz CT molecular complexity index is 757. The molecule has 2 aromatic heterocycles. The van der Waals surface area contributed by atoms with E-state index in [2.05, 4.69) is 9.97 Å². The van der Waals surface area contributed by atoms with Crippen LogP contribution < -0.4 is 4.74 Å². The lowest BCUT2D eigenvalue weighted by Crippen LogP contribution is -1.92. The first-order chi connectivity index (χ1) is 9.13. The third-order valence-corrected chi connectivity index (χ3v) is 3.90. The predicted molar refractivity (Wildman–Crippen MR) is 78.7 cm³/mol. The van der Waals surface area contributed by atoms with Gasteiger partial charge in [0.15, 0.2) is 0 Å². The second-order valence-corrected chi connectivity index (χ2v) is 5.64. The van der Waals surface area contributed by atoms with Crippen molar-refractivity contribution < 1.29 is 4.74 Å². The highest BCUT2D eigenvalue weighted by molar-refractivity contribution is 7.17. The number of halogens is 2. The number of hydrogen-bond donors (Lipinski definition) is 0. The molecule has 0 N–H and O–H groups in total. The zero-order valence-electron chi connectivity index (χ0n) is 9.85. The van der Waals surface area contributed by atoms with Crippen molar-refractivity contribution in [1.29, 1.82) is 0 Å². The first-order valence-electron chi connectivity index (χ1n) is 5.48. The van der Waals surface area contributed by atoms with E-state index in [0.717, 1.165) is 15.8 Å². The highest BCUT2D eigenvalue weighted by Gasteiger charge is 2.11. The Hall–Kier alpha value is -1.36. The predicted octanol–water partition coefficient (Wildman–Crippen LogP) is 5.10. The summed E-state index contributed by atoms with van der Waals surface area (Å²) in [5.41, 5.74) is 1.75. The van der Waals surface area contributed by atoms with Crippen LogP contribution >= 0.6 is 34.5 Å². The maximum atomic E-state index is 5.98. The first-order valence-corrected chi connectivity index (χ1v) is 7.12. The standard InChI is InChI=1S/C13H8Cl2N2OS/c1-7-2-3-8(14)6-10(7)18-12-11-9(4-5-19-11)16-13(15)17-12/h2-6H,1H3. The summed E-state index contributed by atoms with van der Waals surface area (Å²) in [6.45, 7) is 1.94. The van der Waals surface area contributed by atoms with Gasteiger partial charge in [0.25, 0.3) is 0 Å². The summed E-state index contributed by atoms with van der Waals surface area (Å²) in [7, 11) is 0. The van der Waals surface area contributed by atoms with Gasteiger partial charge in [-0.2, -0.15) is 4.98 Å². The van der Waals surface area contributed by atoms with Crippen molar-refractivity contribution in [3.05, 3.63) is 45.5 Å². The van der Waals surface area contributed by atoms with Gasteiger partial charge in [0.05, 0.1) is 5.52 Å². The van der Waals surface area contributed by atoms with Gasteiger partial charge in [-0.15, -0.1) is 11.3 Å². The summed E-state index contributed by atoms with van der Waals surface area (Å²) in [6.07, 6.45) is 0. The minimum atomic E-state index is 0.167. The molecule has 1 aromatic carbocycles. The maximum absolute atomic E-state index is 5.98. The molecule has 0 unspecified atom stereocenters. The van der Waals surface area contributed by atoms with Crippen molar-refractivity contribution >= 4 is 44.8 Å². The SMILES string of the molecule is Cc1ccc(Cl)cc1Oc1nc(Cl)nc2ccsc12. The van der Waals surface area contributed by atoms with Crippen LogP contribution in [0.3, 0.4) is 0 Å². The smallest absolute Gasteiger partial charge is 0.241 e. The van der Waals surface area contributed by atoms with Gasteiger partial charge in [-0.05, 0) is 47.7 Å². The lowest BCUT2D eigenvalue weighted by Gasteiger charge is -2.09. The Morgan fingerprint density at radius 2 is 2.00 bits per heavy atom. The van der Waals surface area contributed by atoms with Crippen LogP contribution in [0.15, 0.2) is 29.6 Å². The quantitative estimate of drug-likeness (QED) is 0.618. The van der Waals surface area contributed by atoms with E-state index in [0.29, 0.717) is 16.7 Å². The van der Waals surface area contributed by atoms with E-state index in [-0.39, 0.29) is 5.28 Å². The molecular weight excluding hydrogens is 303 g/mol. The van der Waals surface area contributed by atoms with Crippen molar-refractivity contribution in [1.82, 2.24) is 9.97 Å². The number of hydrogen-bond acceptors (Lipinski definition) is 4. The molecule has 0 aliphatic carbocycles. The molecular formula is C13H8Cl2N2OS. The number of thiophene rings is 1. The molecule has 2 heterocycles. The van der Waals surface area contributed by atoms with Crippen LogP contribution in [-0.2, 0) is 0 Å². The van der Waals surface area contributed by atoms with Crippen LogP contribution in [0.2, 0.25) is 10.3 Å². The summed E-state index contributed by atoms with van der Waals surface area (Å²) < 4.78 is 6.70. The molecule has 0 saturated carbocycles. The van der Waals surface area contributed by atoms with Crippen molar-refractivity contribution in [3.8, 4) is 11.6 Å².